The maximum Gasteiger partial charge on any atom is 0.317 e. The topological polar surface area (TPSA) is 61.9 Å². The number of carbonyl (C=O) groups is 2. The van der Waals surface area contributed by atoms with Crippen LogP contribution in [0.1, 0.15) is 36.8 Å². The normalized spacial score (nSPS) is 15.4. The summed E-state index contributed by atoms with van der Waals surface area (Å²) in [4.78, 5) is 30.3. The summed E-state index contributed by atoms with van der Waals surface area (Å²) < 4.78 is 6.00. The third-order valence-electron chi connectivity index (χ3n) is 5.07. The molecule has 8 heteroatoms. The minimum Gasteiger partial charge on any atom is -0.491 e. The van der Waals surface area contributed by atoms with Crippen molar-refractivity contribution in [3.8, 4) is 5.75 Å². The van der Waals surface area contributed by atoms with E-state index in [1.807, 2.05) is 30.9 Å². The first-order valence-corrected chi connectivity index (χ1v) is 11.6. The summed E-state index contributed by atoms with van der Waals surface area (Å²) in [5, 5.41) is 5.51. The fraction of sp³-hybridized carbons (Fsp3) is 0.455. The molecule has 1 aliphatic heterocycles. The van der Waals surface area contributed by atoms with E-state index in [-0.39, 0.29) is 24.5 Å². The summed E-state index contributed by atoms with van der Waals surface area (Å²) in [6.45, 7) is 5.99. The van der Waals surface area contributed by atoms with Gasteiger partial charge in [0.15, 0.2) is 0 Å². The Kier molecular flexibility index (Phi) is 7.99. The summed E-state index contributed by atoms with van der Waals surface area (Å²) in [7, 11) is 0. The molecule has 1 aliphatic rings. The number of hydrogen-bond acceptors (Lipinski definition) is 4. The van der Waals surface area contributed by atoms with Gasteiger partial charge in [-0.15, -0.1) is 11.3 Å². The van der Waals surface area contributed by atoms with E-state index in [9.17, 15) is 9.59 Å². The largest absolute Gasteiger partial charge is 0.491 e. The van der Waals surface area contributed by atoms with Gasteiger partial charge in [0.1, 0.15) is 18.9 Å². The van der Waals surface area contributed by atoms with Gasteiger partial charge in [0.25, 0.3) is 0 Å². The van der Waals surface area contributed by atoms with Crippen molar-refractivity contribution >= 4 is 34.9 Å². The zero-order valence-corrected chi connectivity index (χ0v) is 19.0. The lowest BCUT2D eigenvalue weighted by atomic mass is 10.0. The molecule has 3 amide bonds. The molecule has 0 fully saturated rings. The number of ether oxygens (including phenoxy) is 1. The molecule has 30 heavy (non-hydrogen) atoms. The average Bonchev–Trinajstić information content (AvgIpc) is 3.22. The van der Waals surface area contributed by atoms with Crippen LogP contribution in [-0.4, -0.2) is 54.5 Å². The summed E-state index contributed by atoms with van der Waals surface area (Å²) in [5.41, 5.74) is 1.13. The van der Waals surface area contributed by atoms with Gasteiger partial charge in [-0.25, -0.2) is 4.79 Å². The molecule has 162 valence electrons. The van der Waals surface area contributed by atoms with Gasteiger partial charge >= 0.3 is 6.03 Å². The Balaban J connectivity index is 1.74. The number of hydrogen-bond donors (Lipinski definition) is 1. The van der Waals surface area contributed by atoms with Gasteiger partial charge in [0.2, 0.25) is 5.91 Å². The Morgan fingerprint density at radius 3 is 2.73 bits per heavy atom. The zero-order valence-electron chi connectivity index (χ0n) is 17.4. The van der Waals surface area contributed by atoms with Crippen molar-refractivity contribution in [2.45, 2.75) is 32.7 Å². The second-order valence-corrected chi connectivity index (χ2v) is 8.61. The van der Waals surface area contributed by atoms with E-state index in [2.05, 4.69) is 16.8 Å². The van der Waals surface area contributed by atoms with Crippen molar-refractivity contribution in [2.75, 3.05) is 32.8 Å². The first-order valence-electron chi connectivity index (χ1n) is 10.3. The fourth-order valence-electron chi connectivity index (χ4n) is 3.62. The first kappa shape index (κ1) is 22.4. The summed E-state index contributed by atoms with van der Waals surface area (Å²) >= 11 is 7.67. The highest BCUT2D eigenvalue weighted by Crippen LogP contribution is 2.34. The molecule has 1 N–H and O–H groups in total. The quantitative estimate of drug-likeness (QED) is 0.651. The molecule has 0 aliphatic carbocycles. The van der Waals surface area contributed by atoms with Crippen molar-refractivity contribution in [1.29, 1.82) is 0 Å². The predicted molar refractivity (Wildman–Crippen MR) is 120 cm³/mol. The van der Waals surface area contributed by atoms with Crippen LogP contribution < -0.4 is 10.1 Å². The van der Waals surface area contributed by atoms with Crippen molar-refractivity contribution in [2.24, 2.45) is 0 Å². The Morgan fingerprint density at radius 1 is 1.27 bits per heavy atom. The van der Waals surface area contributed by atoms with Crippen LogP contribution in [0.2, 0.25) is 5.02 Å². The molecule has 1 atom stereocenters. The van der Waals surface area contributed by atoms with Gasteiger partial charge in [0.05, 0.1) is 6.04 Å². The molecule has 3 rings (SSSR count). The standard InChI is InChI=1S/C22H28ClN3O3S/c1-3-11-25(22(28)24-4-2)14-21(27)26-12-9-20-18(10-13-30-20)19(26)15-29-17-7-5-16(23)6-8-17/h5-8,10,13,19H,3-4,9,11-12,14-15H2,1-2H3,(H,24,28). The van der Waals surface area contributed by atoms with Crippen LogP contribution in [0.3, 0.4) is 0 Å². The van der Waals surface area contributed by atoms with E-state index in [0.29, 0.717) is 37.0 Å². The van der Waals surface area contributed by atoms with Crippen molar-refractivity contribution in [1.82, 2.24) is 15.1 Å². The van der Waals surface area contributed by atoms with Gasteiger partial charge in [-0.05, 0) is 61.0 Å². The predicted octanol–water partition coefficient (Wildman–Crippen LogP) is 4.35. The van der Waals surface area contributed by atoms with Crippen molar-refractivity contribution in [3.63, 3.8) is 0 Å². The maximum atomic E-state index is 13.2. The molecule has 0 bridgehead atoms. The Hall–Kier alpha value is -2.25. The highest BCUT2D eigenvalue weighted by molar-refractivity contribution is 7.10. The van der Waals surface area contributed by atoms with Gasteiger partial charge in [-0.2, -0.15) is 0 Å². The van der Waals surface area contributed by atoms with Crippen LogP contribution in [-0.2, 0) is 11.2 Å². The smallest absolute Gasteiger partial charge is 0.317 e. The Labute approximate surface area is 186 Å². The van der Waals surface area contributed by atoms with E-state index in [1.165, 1.54) is 4.88 Å². The second-order valence-electron chi connectivity index (χ2n) is 7.17. The molecular weight excluding hydrogens is 422 g/mol. The number of urea groups is 1. The molecule has 0 saturated carbocycles. The van der Waals surface area contributed by atoms with Crippen molar-refractivity contribution in [3.05, 3.63) is 51.2 Å². The highest BCUT2D eigenvalue weighted by atomic mass is 35.5. The minimum atomic E-state index is -0.199. The summed E-state index contributed by atoms with van der Waals surface area (Å²) in [6, 6.07) is 8.91. The van der Waals surface area contributed by atoms with E-state index in [4.69, 9.17) is 16.3 Å². The molecule has 0 saturated heterocycles. The number of benzene rings is 1. The molecular formula is C22H28ClN3O3S. The molecule has 0 spiro atoms. The number of nitrogens with one attached hydrogen (secondary N) is 1. The molecule has 1 aromatic heterocycles. The number of thiophene rings is 1. The Bertz CT molecular complexity index is 856. The Morgan fingerprint density at radius 2 is 2.03 bits per heavy atom. The maximum absolute atomic E-state index is 13.2. The zero-order chi connectivity index (χ0) is 21.5. The van der Waals surface area contributed by atoms with Crippen molar-refractivity contribution < 1.29 is 14.3 Å². The van der Waals surface area contributed by atoms with Crippen LogP contribution in [0.4, 0.5) is 4.79 Å². The monoisotopic (exact) mass is 449 g/mol. The lowest BCUT2D eigenvalue weighted by Gasteiger charge is -2.37. The molecule has 2 heterocycles. The number of halogens is 1. The third kappa shape index (κ3) is 5.46. The van der Waals surface area contributed by atoms with Gasteiger partial charge in [-0.1, -0.05) is 18.5 Å². The van der Waals surface area contributed by atoms with E-state index < -0.39 is 0 Å². The minimum absolute atomic E-state index is 0.0590. The molecule has 1 aromatic carbocycles. The summed E-state index contributed by atoms with van der Waals surface area (Å²) in [5.74, 6) is 0.653. The number of nitrogens with zero attached hydrogens (tertiary/aromatic N) is 2. The average molecular weight is 450 g/mol. The van der Waals surface area contributed by atoms with Gasteiger partial charge in [0, 0.05) is 29.5 Å². The number of amides is 3. The fourth-order valence-corrected chi connectivity index (χ4v) is 4.67. The third-order valence-corrected chi connectivity index (χ3v) is 6.32. The van der Waals surface area contributed by atoms with Gasteiger partial charge < -0.3 is 19.9 Å². The molecule has 0 radical (unpaired) electrons. The molecule has 6 nitrogen and oxygen atoms in total. The lowest BCUT2D eigenvalue weighted by Crippen LogP contribution is -2.50. The van der Waals surface area contributed by atoms with E-state index in [0.717, 1.165) is 18.4 Å². The van der Waals surface area contributed by atoms with E-state index >= 15 is 0 Å². The number of rotatable bonds is 8. The second kappa shape index (κ2) is 10.7. The van der Waals surface area contributed by atoms with Crippen LogP contribution in [0.5, 0.6) is 5.75 Å². The van der Waals surface area contributed by atoms with Crippen LogP contribution in [0.15, 0.2) is 35.7 Å². The summed E-state index contributed by atoms with van der Waals surface area (Å²) in [6.07, 6.45) is 1.62. The highest BCUT2D eigenvalue weighted by Gasteiger charge is 2.33. The molecule has 1 unspecified atom stereocenters. The van der Waals surface area contributed by atoms with Crippen LogP contribution in [0, 0.1) is 0 Å². The van der Waals surface area contributed by atoms with E-state index in [1.54, 1.807) is 28.4 Å². The lowest BCUT2D eigenvalue weighted by molar-refractivity contribution is -0.135. The number of fused-ring (bicyclic) bond motifs is 1. The first-order chi connectivity index (χ1) is 14.5. The van der Waals surface area contributed by atoms with Gasteiger partial charge in [-0.3, -0.25) is 4.79 Å². The number of carbonyl (C=O) groups excluding carboxylic acids is 2. The van der Waals surface area contributed by atoms with Crippen LogP contribution in [0.25, 0.3) is 0 Å². The van der Waals surface area contributed by atoms with Crippen LogP contribution >= 0.6 is 22.9 Å². The SMILES string of the molecule is CCCN(CC(=O)N1CCc2sccc2C1COc1ccc(Cl)cc1)C(=O)NCC. The molecule has 2 aromatic rings.